The Bertz CT molecular complexity index is 460. The van der Waals surface area contributed by atoms with Gasteiger partial charge in [-0.05, 0) is 46.0 Å². The summed E-state index contributed by atoms with van der Waals surface area (Å²) >= 11 is 9.32. The van der Waals surface area contributed by atoms with Crippen molar-refractivity contribution in [3.8, 4) is 0 Å². The number of unbranched alkanes of at least 4 members (excludes halogenated alkanes) is 2. The predicted octanol–water partition coefficient (Wildman–Crippen LogP) is 5.44. The molecular weight excluding hydrogens is 338 g/mol. The fourth-order valence-corrected chi connectivity index (χ4v) is 2.63. The van der Waals surface area contributed by atoms with Crippen LogP contribution in [-0.4, -0.2) is 12.5 Å². The van der Waals surface area contributed by atoms with Crippen molar-refractivity contribution in [2.45, 2.75) is 46.5 Å². The van der Waals surface area contributed by atoms with Crippen molar-refractivity contribution in [1.29, 1.82) is 0 Å². The number of hydrogen-bond donors (Lipinski definition) is 1. The molecule has 0 aliphatic heterocycles. The molecule has 0 saturated heterocycles. The topological polar surface area (TPSA) is 29.1 Å². The number of halogens is 2. The Morgan fingerprint density at radius 2 is 2.05 bits per heavy atom. The van der Waals surface area contributed by atoms with Gasteiger partial charge in [-0.15, -0.1) is 0 Å². The van der Waals surface area contributed by atoms with Gasteiger partial charge in [-0.3, -0.25) is 4.79 Å². The first-order chi connectivity index (χ1) is 9.35. The Labute approximate surface area is 135 Å². The molecule has 0 aliphatic carbocycles. The minimum Gasteiger partial charge on any atom is -0.351 e. The van der Waals surface area contributed by atoms with E-state index in [-0.39, 0.29) is 11.3 Å². The van der Waals surface area contributed by atoms with E-state index >= 15 is 0 Å². The minimum atomic E-state index is -0.0806. The molecule has 0 spiro atoms. The lowest BCUT2D eigenvalue weighted by molar-refractivity contribution is 0.0933. The first-order valence-electron chi connectivity index (χ1n) is 7.09. The predicted molar refractivity (Wildman–Crippen MR) is 89.4 cm³/mol. The highest BCUT2D eigenvalue weighted by molar-refractivity contribution is 9.10. The molecule has 0 atom stereocenters. The van der Waals surface area contributed by atoms with Gasteiger partial charge >= 0.3 is 0 Å². The Hall–Kier alpha value is -0.540. The van der Waals surface area contributed by atoms with Crippen LogP contribution < -0.4 is 5.32 Å². The molecule has 0 bridgehead atoms. The second-order valence-electron chi connectivity index (χ2n) is 5.93. The summed E-state index contributed by atoms with van der Waals surface area (Å²) in [4.78, 5) is 12.2. The normalized spacial score (nSPS) is 11.4. The van der Waals surface area contributed by atoms with Crippen molar-refractivity contribution < 1.29 is 4.79 Å². The average Bonchev–Trinajstić information content (AvgIpc) is 2.39. The van der Waals surface area contributed by atoms with Gasteiger partial charge in [0.1, 0.15) is 0 Å². The zero-order valence-electron chi connectivity index (χ0n) is 12.4. The molecule has 0 aliphatic rings. The molecule has 0 fully saturated rings. The van der Waals surface area contributed by atoms with Gasteiger partial charge in [0.05, 0.1) is 5.56 Å². The molecule has 0 aromatic heterocycles. The average molecular weight is 361 g/mol. The standard InChI is InChI=1S/C16H23BrClNO/c1-4-5-6-9-16(2,3)11-19-15(20)13-10-12(18)7-8-14(13)17/h7-8,10H,4-6,9,11H2,1-3H3,(H,19,20). The lowest BCUT2D eigenvalue weighted by Crippen LogP contribution is -2.34. The van der Waals surface area contributed by atoms with Crippen LogP contribution in [0, 0.1) is 5.41 Å². The van der Waals surface area contributed by atoms with Crippen LogP contribution in [0.25, 0.3) is 0 Å². The second-order valence-corrected chi connectivity index (χ2v) is 7.22. The monoisotopic (exact) mass is 359 g/mol. The first kappa shape index (κ1) is 17.5. The highest BCUT2D eigenvalue weighted by Gasteiger charge is 2.19. The number of nitrogens with one attached hydrogen (secondary N) is 1. The lowest BCUT2D eigenvalue weighted by atomic mass is 9.87. The summed E-state index contributed by atoms with van der Waals surface area (Å²) in [5.74, 6) is -0.0806. The van der Waals surface area contributed by atoms with Crippen molar-refractivity contribution in [2.24, 2.45) is 5.41 Å². The molecule has 0 saturated carbocycles. The molecule has 1 rings (SSSR count). The molecule has 0 unspecified atom stereocenters. The second kappa shape index (κ2) is 8.04. The first-order valence-corrected chi connectivity index (χ1v) is 8.26. The van der Waals surface area contributed by atoms with E-state index in [1.54, 1.807) is 18.2 Å². The van der Waals surface area contributed by atoms with Crippen molar-refractivity contribution >= 4 is 33.4 Å². The minimum absolute atomic E-state index is 0.0806. The van der Waals surface area contributed by atoms with Gasteiger partial charge in [-0.2, -0.15) is 0 Å². The van der Waals surface area contributed by atoms with Crippen LogP contribution in [-0.2, 0) is 0 Å². The van der Waals surface area contributed by atoms with Crippen molar-refractivity contribution in [3.63, 3.8) is 0 Å². The molecule has 20 heavy (non-hydrogen) atoms. The number of carbonyl (C=O) groups excluding carboxylic acids is 1. The van der Waals surface area contributed by atoms with Crippen LogP contribution >= 0.6 is 27.5 Å². The largest absolute Gasteiger partial charge is 0.351 e. The van der Waals surface area contributed by atoms with Crippen molar-refractivity contribution in [3.05, 3.63) is 33.3 Å². The maximum absolute atomic E-state index is 12.2. The van der Waals surface area contributed by atoms with Gasteiger partial charge < -0.3 is 5.32 Å². The van der Waals surface area contributed by atoms with E-state index in [9.17, 15) is 4.79 Å². The summed E-state index contributed by atoms with van der Waals surface area (Å²) in [6.07, 6.45) is 4.80. The van der Waals surface area contributed by atoms with E-state index in [2.05, 4.69) is 42.0 Å². The van der Waals surface area contributed by atoms with Crippen molar-refractivity contribution in [1.82, 2.24) is 5.32 Å². The zero-order chi connectivity index (χ0) is 15.2. The molecule has 1 aromatic carbocycles. The Morgan fingerprint density at radius 3 is 2.70 bits per heavy atom. The molecule has 1 aromatic rings. The number of benzene rings is 1. The lowest BCUT2D eigenvalue weighted by Gasteiger charge is -2.25. The SMILES string of the molecule is CCCCCC(C)(C)CNC(=O)c1cc(Cl)ccc1Br. The highest BCUT2D eigenvalue weighted by Crippen LogP contribution is 2.24. The zero-order valence-corrected chi connectivity index (χ0v) is 14.8. The molecule has 0 radical (unpaired) electrons. The summed E-state index contributed by atoms with van der Waals surface area (Å²) in [5, 5.41) is 3.58. The third kappa shape index (κ3) is 5.84. The smallest absolute Gasteiger partial charge is 0.252 e. The number of carbonyl (C=O) groups is 1. The maximum atomic E-state index is 12.2. The summed E-state index contributed by atoms with van der Waals surface area (Å²) < 4.78 is 0.767. The quantitative estimate of drug-likeness (QED) is 0.645. The number of rotatable bonds is 7. The van der Waals surface area contributed by atoms with E-state index < -0.39 is 0 Å². The molecule has 112 valence electrons. The third-order valence-electron chi connectivity index (χ3n) is 3.36. The summed E-state index contributed by atoms with van der Waals surface area (Å²) in [6, 6.07) is 5.24. The summed E-state index contributed by atoms with van der Waals surface area (Å²) in [5.41, 5.74) is 0.706. The van der Waals surface area contributed by atoms with E-state index in [1.165, 1.54) is 19.3 Å². The molecule has 2 nitrogen and oxygen atoms in total. The van der Waals surface area contributed by atoms with Gasteiger partial charge in [0.2, 0.25) is 0 Å². The van der Waals surface area contributed by atoms with E-state index in [4.69, 9.17) is 11.6 Å². The fourth-order valence-electron chi connectivity index (χ4n) is 2.03. The molecular formula is C16H23BrClNO. The number of amides is 1. The maximum Gasteiger partial charge on any atom is 0.252 e. The van der Waals surface area contributed by atoms with Gasteiger partial charge in [-0.1, -0.05) is 51.6 Å². The van der Waals surface area contributed by atoms with Crippen LogP contribution in [0.4, 0.5) is 0 Å². The van der Waals surface area contributed by atoms with Gasteiger partial charge in [-0.25, -0.2) is 0 Å². The van der Waals surface area contributed by atoms with E-state index in [0.29, 0.717) is 17.1 Å². The van der Waals surface area contributed by atoms with Crippen LogP contribution in [0.3, 0.4) is 0 Å². The van der Waals surface area contributed by atoms with E-state index in [0.717, 1.165) is 10.9 Å². The van der Waals surface area contributed by atoms with Gasteiger partial charge in [0.15, 0.2) is 0 Å². The Morgan fingerprint density at radius 1 is 1.35 bits per heavy atom. The van der Waals surface area contributed by atoms with Crippen molar-refractivity contribution in [2.75, 3.05) is 6.54 Å². The van der Waals surface area contributed by atoms with Crippen LogP contribution in [0.5, 0.6) is 0 Å². The summed E-state index contributed by atoms with van der Waals surface area (Å²) in [7, 11) is 0. The number of hydrogen-bond acceptors (Lipinski definition) is 1. The molecule has 0 heterocycles. The third-order valence-corrected chi connectivity index (χ3v) is 4.28. The van der Waals surface area contributed by atoms with E-state index in [1.807, 2.05) is 0 Å². The molecule has 1 N–H and O–H groups in total. The van der Waals surface area contributed by atoms with Gasteiger partial charge in [0, 0.05) is 16.0 Å². The highest BCUT2D eigenvalue weighted by atomic mass is 79.9. The van der Waals surface area contributed by atoms with Crippen LogP contribution in [0.2, 0.25) is 5.02 Å². The van der Waals surface area contributed by atoms with Crippen LogP contribution in [0.1, 0.15) is 56.8 Å². The van der Waals surface area contributed by atoms with Gasteiger partial charge in [0.25, 0.3) is 5.91 Å². The molecule has 4 heteroatoms. The Balaban J connectivity index is 2.56. The fraction of sp³-hybridized carbons (Fsp3) is 0.562. The summed E-state index contributed by atoms with van der Waals surface area (Å²) in [6.45, 7) is 7.26. The Kier molecular flexibility index (Phi) is 7.04. The molecule has 1 amide bonds. The van der Waals surface area contributed by atoms with Crippen LogP contribution in [0.15, 0.2) is 22.7 Å².